The maximum Gasteiger partial charge on any atom is 0.245 e. The number of para-hydroxylation sites is 1. The first-order valence-electron chi connectivity index (χ1n) is 6.60. The van der Waals surface area contributed by atoms with Crippen LogP contribution in [0.25, 0.3) is 10.9 Å². The second-order valence-electron chi connectivity index (χ2n) is 4.52. The summed E-state index contributed by atoms with van der Waals surface area (Å²) in [5, 5.41) is 4.19. The zero-order valence-corrected chi connectivity index (χ0v) is 12.9. The summed E-state index contributed by atoms with van der Waals surface area (Å²) in [6, 6.07) is 13.0. The lowest BCUT2D eigenvalue weighted by Crippen LogP contribution is -2.02. The van der Waals surface area contributed by atoms with E-state index < -0.39 is 0 Å². The van der Waals surface area contributed by atoms with Gasteiger partial charge in [0, 0.05) is 11.8 Å². The van der Waals surface area contributed by atoms with Crippen molar-refractivity contribution in [1.82, 2.24) is 4.98 Å². The third-order valence-corrected chi connectivity index (χ3v) is 3.95. The number of nitrogens with zero attached hydrogens (tertiary/aromatic N) is 1. The Kier molecular flexibility index (Phi) is 3.93. The number of nitrogens with one attached hydrogen (secondary N) is 1. The number of hydrogen-bond acceptors (Lipinski definition) is 6. The Morgan fingerprint density at radius 1 is 1.05 bits per heavy atom. The Balaban J connectivity index is 2.09. The highest BCUT2D eigenvalue weighted by molar-refractivity contribution is 7.13. The van der Waals surface area contributed by atoms with Gasteiger partial charge in [0.05, 0.1) is 25.1 Å². The highest BCUT2D eigenvalue weighted by Crippen LogP contribution is 2.31. The van der Waals surface area contributed by atoms with Gasteiger partial charge in [0.15, 0.2) is 16.6 Å². The molecule has 0 atom stereocenters. The van der Waals surface area contributed by atoms with Crippen LogP contribution < -0.4 is 19.5 Å². The van der Waals surface area contributed by atoms with E-state index in [9.17, 15) is 4.79 Å². The fourth-order valence-corrected chi connectivity index (χ4v) is 2.86. The normalized spacial score (nSPS) is 10.5. The summed E-state index contributed by atoms with van der Waals surface area (Å²) in [6.45, 7) is 0. The molecule has 1 aromatic heterocycles. The molecular weight excluding hydrogens is 300 g/mol. The Labute approximate surface area is 131 Å². The van der Waals surface area contributed by atoms with E-state index in [1.165, 1.54) is 7.11 Å². The minimum atomic E-state index is -0.0793. The molecule has 0 amide bonds. The van der Waals surface area contributed by atoms with Gasteiger partial charge in [-0.3, -0.25) is 4.79 Å². The number of hydrogen-bond donors (Lipinski definition) is 1. The van der Waals surface area contributed by atoms with Crippen LogP contribution in [0.3, 0.4) is 0 Å². The SMILES string of the molecule is COc1cc2nc(Nc3ccccc3)sc(=O)c2cc1OC. The number of ether oxygens (including phenoxy) is 2. The zero-order chi connectivity index (χ0) is 15.5. The summed E-state index contributed by atoms with van der Waals surface area (Å²) in [5.41, 5.74) is 1.45. The molecule has 1 N–H and O–H groups in total. The van der Waals surface area contributed by atoms with Crippen molar-refractivity contribution in [3.05, 3.63) is 52.0 Å². The van der Waals surface area contributed by atoms with Crippen molar-refractivity contribution in [3.8, 4) is 11.5 Å². The molecule has 0 saturated carbocycles. The second-order valence-corrected chi connectivity index (χ2v) is 5.48. The highest BCUT2D eigenvalue weighted by Gasteiger charge is 2.11. The van der Waals surface area contributed by atoms with Gasteiger partial charge in [-0.05, 0) is 18.2 Å². The Morgan fingerprint density at radius 3 is 2.41 bits per heavy atom. The van der Waals surface area contributed by atoms with Gasteiger partial charge in [0.2, 0.25) is 4.74 Å². The van der Waals surface area contributed by atoms with E-state index in [0.717, 1.165) is 17.0 Å². The molecule has 0 radical (unpaired) electrons. The number of rotatable bonds is 4. The van der Waals surface area contributed by atoms with Crippen LogP contribution in [0.15, 0.2) is 47.3 Å². The summed E-state index contributed by atoms with van der Waals surface area (Å²) in [5.74, 6) is 1.06. The first-order valence-corrected chi connectivity index (χ1v) is 7.42. The molecule has 3 aromatic rings. The summed E-state index contributed by atoms with van der Waals surface area (Å²) in [4.78, 5) is 16.8. The fraction of sp³-hybridized carbons (Fsp3) is 0.125. The Morgan fingerprint density at radius 2 is 1.73 bits per heavy atom. The largest absolute Gasteiger partial charge is 0.493 e. The van der Waals surface area contributed by atoms with Crippen molar-refractivity contribution in [2.45, 2.75) is 0 Å². The second kappa shape index (κ2) is 6.03. The van der Waals surface area contributed by atoms with Gasteiger partial charge in [-0.15, -0.1) is 0 Å². The van der Waals surface area contributed by atoms with E-state index in [4.69, 9.17) is 9.47 Å². The number of fused-ring (bicyclic) bond motifs is 1. The molecule has 6 heteroatoms. The van der Waals surface area contributed by atoms with E-state index in [1.54, 1.807) is 19.2 Å². The molecule has 112 valence electrons. The average Bonchev–Trinajstić information content (AvgIpc) is 2.54. The van der Waals surface area contributed by atoms with Crippen molar-refractivity contribution < 1.29 is 9.47 Å². The van der Waals surface area contributed by atoms with Crippen LogP contribution in [0.2, 0.25) is 0 Å². The molecule has 0 spiro atoms. The summed E-state index contributed by atoms with van der Waals surface area (Å²) >= 11 is 1.06. The van der Waals surface area contributed by atoms with Crippen LogP contribution >= 0.6 is 11.3 Å². The molecule has 1 heterocycles. The van der Waals surface area contributed by atoms with Gasteiger partial charge < -0.3 is 14.8 Å². The topological polar surface area (TPSA) is 60.5 Å². The molecule has 5 nitrogen and oxygen atoms in total. The van der Waals surface area contributed by atoms with E-state index in [0.29, 0.717) is 27.5 Å². The van der Waals surface area contributed by atoms with Gasteiger partial charge >= 0.3 is 0 Å². The molecule has 3 rings (SSSR count). The number of benzene rings is 2. The molecule has 0 saturated heterocycles. The standard InChI is InChI=1S/C16H14N2O3S/c1-20-13-8-11-12(9-14(13)21-2)18-16(22-15(11)19)17-10-6-4-3-5-7-10/h3-9H,1-2H3,(H,17,18). The van der Waals surface area contributed by atoms with Crippen LogP contribution in [-0.2, 0) is 0 Å². The third kappa shape index (κ3) is 2.73. The van der Waals surface area contributed by atoms with E-state index >= 15 is 0 Å². The van der Waals surface area contributed by atoms with Gasteiger partial charge in [-0.2, -0.15) is 0 Å². The van der Waals surface area contributed by atoms with Gasteiger partial charge in [-0.25, -0.2) is 4.98 Å². The third-order valence-electron chi connectivity index (χ3n) is 3.16. The Bertz CT molecular complexity index is 862. The van der Waals surface area contributed by atoms with Crippen molar-refractivity contribution in [2.75, 3.05) is 19.5 Å². The first-order chi connectivity index (χ1) is 10.7. The summed E-state index contributed by atoms with van der Waals surface area (Å²) in [6.07, 6.45) is 0. The Hall–Kier alpha value is -2.60. The molecule has 0 aliphatic rings. The van der Waals surface area contributed by atoms with Crippen molar-refractivity contribution in [1.29, 1.82) is 0 Å². The average molecular weight is 314 g/mol. The highest BCUT2D eigenvalue weighted by atomic mass is 32.1. The maximum atomic E-state index is 12.3. The minimum Gasteiger partial charge on any atom is -0.493 e. The van der Waals surface area contributed by atoms with Gasteiger partial charge in [0.1, 0.15) is 0 Å². The van der Waals surface area contributed by atoms with Crippen LogP contribution in [0.4, 0.5) is 10.8 Å². The number of methoxy groups -OCH3 is 2. The molecule has 0 aliphatic heterocycles. The molecule has 22 heavy (non-hydrogen) atoms. The lowest BCUT2D eigenvalue weighted by molar-refractivity contribution is 0.356. The van der Waals surface area contributed by atoms with Crippen molar-refractivity contribution in [2.24, 2.45) is 0 Å². The number of aromatic nitrogens is 1. The van der Waals surface area contributed by atoms with E-state index in [1.807, 2.05) is 30.3 Å². The quantitative estimate of drug-likeness (QED) is 0.799. The predicted molar refractivity (Wildman–Crippen MR) is 88.7 cm³/mol. The first kappa shape index (κ1) is 14.3. The minimum absolute atomic E-state index is 0.0793. The lowest BCUT2D eigenvalue weighted by atomic mass is 10.2. The molecule has 0 unspecified atom stereocenters. The maximum absolute atomic E-state index is 12.3. The molecule has 0 fully saturated rings. The van der Waals surface area contributed by atoms with Crippen LogP contribution in [-0.4, -0.2) is 19.2 Å². The number of anilines is 2. The van der Waals surface area contributed by atoms with Crippen LogP contribution in [0, 0.1) is 0 Å². The van der Waals surface area contributed by atoms with Gasteiger partial charge in [0.25, 0.3) is 0 Å². The predicted octanol–water partition coefficient (Wildman–Crippen LogP) is 3.42. The molecule has 0 aliphatic carbocycles. The van der Waals surface area contributed by atoms with Gasteiger partial charge in [-0.1, -0.05) is 29.5 Å². The monoisotopic (exact) mass is 314 g/mol. The lowest BCUT2D eigenvalue weighted by Gasteiger charge is -2.09. The van der Waals surface area contributed by atoms with Crippen LogP contribution in [0.1, 0.15) is 0 Å². The summed E-state index contributed by atoms with van der Waals surface area (Å²) in [7, 11) is 3.09. The van der Waals surface area contributed by atoms with Crippen molar-refractivity contribution >= 4 is 33.1 Å². The van der Waals surface area contributed by atoms with Crippen LogP contribution in [0.5, 0.6) is 11.5 Å². The zero-order valence-electron chi connectivity index (χ0n) is 12.1. The molecular formula is C16H14N2O3S. The molecule has 0 bridgehead atoms. The van der Waals surface area contributed by atoms with E-state index in [-0.39, 0.29) is 4.74 Å². The van der Waals surface area contributed by atoms with E-state index in [2.05, 4.69) is 10.3 Å². The molecule has 2 aromatic carbocycles. The fourth-order valence-electron chi connectivity index (χ4n) is 2.10. The van der Waals surface area contributed by atoms with Crippen molar-refractivity contribution in [3.63, 3.8) is 0 Å². The smallest absolute Gasteiger partial charge is 0.245 e. The summed E-state index contributed by atoms with van der Waals surface area (Å²) < 4.78 is 10.4.